The Bertz CT molecular complexity index is 572. The fraction of sp³-hybridized carbons (Fsp3) is 0.200. The van der Waals surface area contributed by atoms with Crippen LogP contribution in [0.5, 0.6) is 5.75 Å². The summed E-state index contributed by atoms with van der Waals surface area (Å²) < 4.78 is 5.21. The molecule has 0 fully saturated rings. The Labute approximate surface area is 122 Å². The van der Waals surface area contributed by atoms with Gasteiger partial charge in [-0.25, -0.2) is 0 Å². The van der Waals surface area contributed by atoms with E-state index in [0.717, 1.165) is 21.1 Å². The summed E-state index contributed by atoms with van der Waals surface area (Å²) in [6, 6.07) is 13.9. The van der Waals surface area contributed by atoms with Crippen molar-refractivity contribution in [1.82, 2.24) is 0 Å². The molecule has 100 valence electrons. The van der Waals surface area contributed by atoms with E-state index >= 15 is 0 Å². The van der Waals surface area contributed by atoms with Gasteiger partial charge in [-0.05, 0) is 42.8 Å². The van der Waals surface area contributed by atoms with Crippen molar-refractivity contribution >= 4 is 23.4 Å². The van der Waals surface area contributed by atoms with Crippen LogP contribution in [0.2, 0.25) is 5.02 Å². The zero-order chi connectivity index (χ0) is 13.8. The molecule has 4 heteroatoms. The van der Waals surface area contributed by atoms with Crippen molar-refractivity contribution in [2.75, 3.05) is 7.11 Å². The summed E-state index contributed by atoms with van der Waals surface area (Å²) in [5.74, 6) is 0.850. The number of benzene rings is 2. The average molecular weight is 294 g/mol. The molecule has 0 aliphatic carbocycles. The normalized spacial score (nSPS) is 12.2. The first-order valence-corrected chi connectivity index (χ1v) is 7.16. The molecule has 0 spiro atoms. The Hall–Kier alpha value is -1.16. The van der Waals surface area contributed by atoms with E-state index in [2.05, 4.69) is 0 Å². The molecule has 0 saturated heterocycles. The Morgan fingerprint density at radius 1 is 1.16 bits per heavy atom. The van der Waals surface area contributed by atoms with Crippen molar-refractivity contribution in [2.45, 2.75) is 22.8 Å². The predicted octanol–water partition coefficient (Wildman–Crippen LogP) is 4.52. The minimum Gasteiger partial charge on any atom is -0.497 e. The van der Waals surface area contributed by atoms with E-state index in [9.17, 15) is 0 Å². The van der Waals surface area contributed by atoms with Crippen LogP contribution in [0.1, 0.15) is 18.5 Å². The first-order valence-electron chi connectivity index (χ1n) is 5.97. The first-order chi connectivity index (χ1) is 9.10. The van der Waals surface area contributed by atoms with Crippen LogP contribution in [-0.4, -0.2) is 7.11 Å². The Morgan fingerprint density at radius 2 is 1.89 bits per heavy atom. The lowest BCUT2D eigenvalue weighted by Gasteiger charge is -2.10. The zero-order valence-corrected chi connectivity index (χ0v) is 12.5. The second kappa shape index (κ2) is 6.33. The lowest BCUT2D eigenvalue weighted by molar-refractivity contribution is 0.413. The summed E-state index contributed by atoms with van der Waals surface area (Å²) in [7, 11) is 1.66. The van der Waals surface area contributed by atoms with Gasteiger partial charge in [0.2, 0.25) is 0 Å². The minimum absolute atomic E-state index is 0.0524. The van der Waals surface area contributed by atoms with Gasteiger partial charge in [-0.3, -0.25) is 0 Å². The SMILES string of the molecule is COc1cccc(Sc2ccc(C(C)N)c(Cl)c2)c1. The van der Waals surface area contributed by atoms with Crippen molar-refractivity contribution in [3.05, 3.63) is 53.1 Å². The molecule has 2 rings (SSSR count). The highest BCUT2D eigenvalue weighted by molar-refractivity contribution is 7.99. The van der Waals surface area contributed by atoms with Gasteiger partial charge in [0, 0.05) is 20.9 Å². The van der Waals surface area contributed by atoms with Gasteiger partial charge < -0.3 is 10.5 Å². The summed E-state index contributed by atoms with van der Waals surface area (Å²) in [4.78, 5) is 2.20. The number of ether oxygens (including phenoxy) is 1. The summed E-state index contributed by atoms with van der Waals surface area (Å²) in [5.41, 5.74) is 6.82. The van der Waals surface area contributed by atoms with E-state index in [1.807, 2.05) is 49.4 Å². The van der Waals surface area contributed by atoms with Crippen LogP contribution in [0.25, 0.3) is 0 Å². The zero-order valence-electron chi connectivity index (χ0n) is 10.9. The van der Waals surface area contributed by atoms with E-state index in [-0.39, 0.29) is 6.04 Å². The maximum atomic E-state index is 6.23. The lowest BCUT2D eigenvalue weighted by atomic mass is 10.1. The lowest BCUT2D eigenvalue weighted by Crippen LogP contribution is -2.05. The smallest absolute Gasteiger partial charge is 0.119 e. The Balaban J connectivity index is 2.21. The molecular formula is C15H16ClNOS. The number of hydrogen-bond donors (Lipinski definition) is 1. The summed E-state index contributed by atoms with van der Waals surface area (Å²) >= 11 is 7.88. The van der Waals surface area contributed by atoms with Gasteiger partial charge in [0.15, 0.2) is 0 Å². The molecule has 0 heterocycles. The highest BCUT2D eigenvalue weighted by Crippen LogP contribution is 2.33. The number of rotatable bonds is 4. The third kappa shape index (κ3) is 3.66. The number of nitrogens with two attached hydrogens (primary N) is 1. The summed E-state index contributed by atoms with van der Waals surface area (Å²) in [5, 5.41) is 0.711. The fourth-order valence-electron chi connectivity index (χ4n) is 1.74. The van der Waals surface area contributed by atoms with Crippen molar-refractivity contribution in [1.29, 1.82) is 0 Å². The second-order valence-corrected chi connectivity index (χ2v) is 5.81. The van der Waals surface area contributed by atoms with Gasteiger partial charge in [0.25, 0.3) is 0 Å². The molecule has 2 nitrogen and oxygen atoms in total. The monoisotopic (exact) mass is 293 g/mol. The highest BCUT2D eigenvalue weighted by Gasteiger charge is 2.07. The van der Waals surface area contributed by atoms with Gasteiger partial charge in [0.1, 0.15) is 5.75 Å². The number of hydrogen-bond acceptors (Lipinski definition) is 3. The molecule has 0 amide bonds. The second-order valence-electron chi connectivity index (χ2n) is 4.25. The molecule has 1 atom stereocenters. The number of methoxy groups -OCH3 is 1. The van der Waals surface area contributed by atoms with Crippen LogP contribution in [0.15, 0.2) is 52.3 Å². The predicted molar refractivity (Wildman–Crippen MR) is 81.2 cm³/mol. The van der Waals surface area contributed by atoms with Gasteiger partial charge >= 0.3 is 0 Å². The van der Waals surface area contributed by atoms with E-state index in [0.29, 0.717) is 5.02 Å². The van der Waals surface area contributed by atoms with E-state index in [4.69, 9.17) is 22.1 Å². The molecule has 0 saturated carbocycles. The standard InChI is InChI=1S/C15H16ClNOS/c1-10(17)14-7-6-13(9-15(14)16)19-12-5-3-4-11(8-12)18-2/h3-10H,17H2,1-2H3. The molecule has 19 heavy (non-hydrogen) atoms. The van der Waals surface area contributed by atoms with E-state index < -0.39 is 0 Å². The molecule has 2 N–H and O–H groups in total. The third-order valence-corrected chi connectivity index (χ3v) is 4.05. The van der Waals surface area contributed by atoms with Gasteiger partial charge in [-0.15, -0.1) is 0 Å². The molecule has 0 bridgehead atoms. The van der Waals surface area contributed by atoms with Crippen LogP contribution in [0, 0.1) is 0 Å². The van der Waals surface area contributed by atoms with Crippen LogP contribution >= 0.6 is 23.4 Å². The number of halogens is 1. The maximum Gasteiger partial charge on any atom is 0.119 e. The minimum atomic E-state index is -0.0524. The highest BCUT2D eigenvalue weighted by atomic mass is 35.5. The molecule has 0 aliphatic heterocycles. The first kappa shape index (κ1) is 14.3. The van der Waals surface area contributed by atoms with Gasteiger partial charge in [-0.1, -0.05) is 35.5 Å². The largest absolute Gasteiger partial charge is 0.497 e. The molecule has 1 unspecified atom stereocenters. The van der Waals surface area contributed by atoms with Crippen molar-refractivity contribution < 1.29 is 4.74 Å². The van der Waals surface area contributed by atoms with Gasteiger partial charge in [-0.2, -0.15) is 0 Å². The van der Waals surface area contributed by atoms with Crippen LogP contribution in [-0.2, 0) is 0 Å². The quantitative estimate of drug-likeness (QED) is 0.900. The molecule has 0 aliphatic rings. The Morgan fingerprint density at radius 3 is 2.53 bits per heavy atom. The van der Waals surface area contributed by atoms with Crippen LogP contribution in [0.4, 0.5) is 0 Å². The summed E-state index contributed by atoms with van der Waals surface area (Å²) in [6.45, 7) is 1.93. The average Bonchev–Trinajstić information content (AvgIpc) is 2.38. The molecule has 0 aromatic heterocycles. The Kier molecular flexibility index (Phi) is 4.75. The van der Waals surface area contributed by atoms with Gasteiger partial charge in [0.05, 0.1) is 7.11 Å². The van der Waals surface area contributed by atoms with Crippen molar-refractivity contribution in [2.24, 2.45) is 5.73 Å². The summed E-state index contributed by atoms with van der Waals surface area (Å²) in [6.07, 6.45) is 0. The maximum absolute atomic E-state index is 6.23. The molecule has 0 radical (unpaired) electrons. The molecular weight excluding hydrogens is 278 g/mol. The van der Waals surface area contributed by atoms with Crippen molar-refractivity contribution in [3.63, 3.8) is 0 Å². The van der Waals surface area contributed by atoms with E-state index in [1.54, 1.807) is 18.9 Å². The fourth-order valence-corrected chi connectivity index (χ4v) is 3.07. The molecule has 2 aromatic rings. The van der Waals surface area contributed by atoms with Crippen LogP contribution in [0.3, 0.4) is 0 Å². The van der Waals surface area contributed by atoms with Crippen LogP contribution < -0.4 is 10.5 Å². The van der Waals surface area contributed by atoms with E-state index in [1.165, 1.54) is 0 Å². The van der Waals surface area contributed by atoms with Crippen molar-refractivity contribution in [3.8, 4) is 5.75 Å². The molecule has 2 aromatic carbocycles. The third-order valence-electron chi connectivity index (χ3n) is 2.74. The topological polar surface area (TPSA) is 35.2 Å².